The van der Waals surface area contributed by atoms with Gasteiger partial charge >= 0.3 is 0 Å². The number of nitrogens with zero attached hydrogens (tertiary/aromatic N) is 1. The predicted molar refractivity (Wildman–Crippen MR) is 73.8 cm³/mol. The largest absolute Gasteiger partial charge is 0.382 e. The van der Waals surface area contributed by atoms with Crippen molar-refractivity contribution < 1.29 is 19.1 Å². The molecular weight excluding hydrogens is 260 g/mol. The summed E-state index contributed by atoms with van der Waals surface area (Å²) in [6.07, 6.45) is 0. The lowest BCUT2D eigenvalue weighted by atomic mass is 10.1. The van der Waals surface area contributed by atoms with Crippen LogP contribution in [0.5, 0.6) is 0 Å². The van der Waals surface area contributed by atoms with Crippen LogP contribution in [-0.4, -0.2) is 51.8 Å². The highest BCUT2D eigenvalue weighted by Gasteiger charge is 2.25. The maximum Gasteiger partial charge on any atom is 0.253 e. The average Bonchev–Trinajstić information content (AvgIpc) is 2.59. The van der Waals surface area contributed by atoms with Crippen LogP contribution in [0.4, 0.5) is 5.69 Å². The Kier molecular flexibility index (Phi) is 5.09. The fourth-order valence-corrected chi connectivity index (χ4v) is 2.03. The molecule has 1 heterocycles. The Labute approximate surface area is 117 Å². The lowest BCUT2D eigenvalue weighted by molar-refractivity contribution is -0.117. The smallest absolute Gasteiger partial charge is 0.253 e. The first-order valence-electron chi connectivity index (χ1n) is 6.48. The minimum absolute atomic E-state index is 0.00554. The van der Waals surface area contributed by atoms with E-state index in [0.29, 0.717) is 37.6 Å². The van der Waals surface area contributed by atoms with E-state index in [1.807, 2.05) is 6.07 Å². The van der Waals surface area contributed by atoms with Crippen LogP contribution >= 0.6 is 0 Å². The van der Waals surface area contributed by atoms with Crippen molar-refractivity contribution in [1.82, 2.24) is 5.32 Å². The van der Waals surface area contributed by atoms with Crippen molar-refractivity contribution >= 4 is 17.5 Å². The van der Waals surface area contributed by atoms with Gasteiger partial charge in [0.25, 0.3) is 5.91 Å². The first-order chi connectivity index (χ1) is 9.74. The van der Waals surface area contributed by atoms with Crippen LogP contribution in [0.25, 0.3) is 0 Å². The van der Waals surface area contributed by atoms with E-state index in [2.05, 4.69) is 5.32 Å². The minimum Gasteiger partial charge on any atom is -0.382 e. The molecule has 0 aromatic heterocycles. The number of anilines is 1. The SMILES string of the molecule is COCCOCCN1C(=O)CNC(=O)c2ccccc21. The van der Waals surface area contributed by atoms with Gasteiger partial charge in [-0.2, -0.15) is 0 Å². The third kappa shape index (κ3) is 3.34. The van der Waals surface area contributed by atoms with Crippen molar-refractivity contribution in [2.24, 2.45) is 0 Å². The Hall–Kier alpha value is -1.92. The fraction of sp³-hybridized carbons (Fsp3) is 0.429. The molecule has 1 aromatic carbocycles. The van der Waals surface area contributed by atoms with E-state index >= 15 is 0 Å². The molecule has 2 rings (SSSR count). The quantitative estimate of drug-likeness (QED) is 0.766. The Morgan fingerprint density at radius 2 is 2.00 bits per heavy atom. The molecule has 0 fully saturated rings. The predicted octanol–water partition coefficient (Wildman–Crippen LogP) is 0.426. The number of carbonyl (C=O) groups is 2. The Morgan fingerprint density at radius 3 is 2.80 bits per heavy atom. The summed E-state index contributed by atoms with van der Waals surface area (Å²) in [4.78, 5) is 25.5. The molecule has 0 aliphatic carbocycles. The van der Waals surface area contributed by atoms with Crippen LogP contribution < -0.4 is 10.2 Å². The summed E-state index contributed by atoms with van der Waals surface area (Å²) in [7, 11) is 1.61. The number of fused-ring (bicyclic) bond motifs is 1. The standard InChI is InChI=1S/C14H18N2O4/c1-19-8-9-20-7-6-16-12-5-3-2-4-11(12)14(18)15-10-13(16)17/h2-5H,6-10H2,1H3,(H,15,18). The van der Waals surface area contributed by atoms with E-state index < -0.39 is 0 Å². The Balaban J connectivity index is 2.07. The topological polar surface area (TPSA) is 67.9 Å². The van der Waals surface area contributed by atoms with Gasteiger partial charge in [-0.3, -0.25) is 9.59 Å². The van der Waals surface area contributed by atoms with E-state index in [9.17, 15) is 9.59 Å². The average molecular weight is 278 g/mol. The van der Waals surface area contributed by atoms with Crippen LogP contribution in [0.1, 0.15) is 10.4 Å². The second kappa shape index (κ2) is 7.02. The molecule has 0 radical (unpaired) electrons. The first kappa shape index (κ1) is 14.5. The Morgan fingerprint density at radius 1 is 1.20 bits per heavy atom. The van der Waals surface area contributed by atoms with Gasteiger partial charge in [0.15, 0.2) is 0 Å². The van der Waals surface area contributed by atoms with Gasteiger partial charge in [-0.25, -0.2) is 0 Å². The van der Waals surface area contributed by atoms with Crippen LogP contribution in [0.2, 0.25) is 0 Å². The summed E-state index contributed by atoms with van der Waals surface area (Å²) in [5.41, 5.74) is 1.14. The van der Waals surface area contributed by atoms with Crippen molar-refractivity contribution in [3.63, 3.8) is 0 Å². The van der Waals surface area contributed by atoms with Crippen molar-refractivity contribution in [3.05, 3.63) is 29.8 Å². The third-order valence-electron chi connectivity index (χ3n) is 3.03. The van der Waals surface area contributed by atoms with Gasteiger partial charge in [-0.1, -0.05) is 12.1 Å². The van der Waals surface area contributed by atoms with Crippen LogP contribution in [-0.2, 0) is 14.3 Å². The third-order valence-corrected chi connectivity index (χ3v) is 3.03. The van der Waals surface area contributed by atoms with Gasteiger partial charge in [0.1, 0.15) is 0 Å². The van der Waals surface area contributed by atoms with Gasteiger partial charge in [-0.15, -0.1) is 0 Å². The lowest BCUT2D eigenvalue weighted by Crippen LogP contribution is -2.38. The molecule has 1 aromatic rings. The summed E-state index contributed by atoms with van der Waals surface area (Å²) < 4.78 is 10.3. The molecule has 6 heteroatoms. The zero-order chi connectivity index (χ0) is 14.4. The summed E-state index contributed by atoms with van der Waals surface area (Å²) in [6, 6.07) is 7.07. The second-order valence-electron chi connectivity index (χ2n) is 4.35. The number of benzene rings is 1. The number of hydrogen-bond acceptors (Lipinski definition) is 4. The Bertz CT molecular complexity index is 490. The molecule has 0 saturated heterocycles. The van der Waals surface area contributed by atoms with Gasteiger partial charge in [0, 0.05) is 13.7 Å². The molecular formula is C14H18N2O4. The molecule has 108 valence electrons. The van der Waals surface area contributed by atoms with Crippen LogP contribution in [0, 0.1) is 0 Å². The number of methoxy groups -OCH3 is 1. The van der Waals surface area contributed by atoms with Crippen LogP contribution in [0.15, 0.2) is 24.3 Å². The molecule has 1 N–H and O–H groups in total. The molecule has 0 bridgehead atoms. The zero-order valence-electron chi connectivity index (χ0n) is 11.4. The minimum atomic E-state index is -0.225. The molecule has 6 nitrogen and oxygen atoms in total. The number of nitrogens with one attached hydrogen (secondary N) is 1. The number of para-hydroxylation sites is 1. The molecule has 1 aliphatic heterocycles. The molecule has 2 amide bonds. The van der Waals surface area contributed by atoms with E-state index in [1.165, 1.54) is 0 Å². The molecule has 0 spiro atoms. The highest BCUT2D eigenvalue weighted by molar-refractivity contribution is 6.09. The van der Waals surface area contributed by atoms with E-state index in [0.717, 1.165) is 0 Å². The van der Waals surface area contributed by atoms with Crippen molar-refractivity contribution in [1.29, 1.82) is 0 Å². The number of carbonyl (C=O) groups excluding carboxylic acids is 2. The fourth-order valence-electron chi connectivity index (χ4n) is 2.03. The highest BCUT2D eigenvalue weighted by Crippen LogP contribution is 2.22. The number of amides is 2. The van der Waals surface area contributed by atoms with Gasteiger partial charge in [0.2, 0.25) is 5.91 Å². The lowest BCUT2D eigenvalue weighted by Gasteiger charge is -2.21. The van der Waals surface area contributed by atoms with Gasteiger partial charge in [0.05, 0.1) is 37.6 Å². The van der Waals surface area contributed by atoms with E-state index in [1.54, 1.807) is 30.2 Å². The second-order valence-corrected chi connectivity index (χ2v) is 4.35. The maximum absolute atomic E-state index is 12.1. The molecule has 0 atom stereocenters. The summed E-state index contributed by atoms with van der Waals surface area (Å²) >= 11 is 0. The normalized spacial score (nSPS) is 14.8. The molecule has 1 aliphatic rings. The van der Waals surface area contributed by atoms with Gasteiger partial charge in [-0.05, 0) is 12.1 Å². The molecule has 20 heavy (non-hydrogen) atoms. The van der Waals surface area contributed by atoms with E-state index in [4.69, 9.17) is 9.47 Å². The molecule has 0 unspecified atom stereocenters. The maximum atomic E-state index is 12.1. The van der Waals surface area contributed by atoms with Crippen molar-refractivity contribution in [3.8, 4) is 0 Å². The number of ether oxygens (including phenoxy) is 2. The summed E-state index contributed by atoms with van der Waals surface area (Å²) in [5.74, 6) is -0.365. The summed E-state index contributed by atoms with van der Waals surface area (Å²) in [6.45, 7) is 1.82. The van der Waals surface area contributed by atoms with Gasteiger partial charge < -0.3 is 19.7 Å². The zero-order valence-corrected chi connectivity index (χ0v) is 11.4. The number of rotatable bonds is 6. The van der Waals surface area contributed by atoms with Crippen LogP contribution in [0.3, 0.4) is 0 Å². The number of hydrogen-bond donors (Lipinski definition) is 1. The van der Waals surface area contributed by atoms with Crippen molar-refractivity contribution in [2.75, 3.05) is 44.9 Å². The summed E-state index contributed by atoms with van der Waals surface area (Å²) in [5, 5.41) is 2.60. The monoisotopic (exact) mass is 278 g/mol. The molecule has 0 saturated carbocycles. The van der Waals surface area contributed by atoms with Crippen molar-refractivity contribution in [2.45, 2.75) is 0 Å². The highest BCUT2D eigenvalue weighted by atomic mass is 16.5. The van der Waals surface area contributed by atoms with E-state index in [-0.39, 0.29) is 18.4 Å². The first-order valence-corrected chi connectivity index (χ1v) is 6.48.